The molecule has 0 fully saturated rings. The van der Waals surface area contributed by atoms with Crippen molar-refractivity contribution in [1.82, 2.24) is 0 Å². The SMILES string of the molecule is C#CC([C]=O)CC. The molecule has 1 heteroatoms. The van der Waals surface area contributed by atoms with Gasteiger partial charge in [0.2, 0.25) is 6.29 Å². The van der Waals surface area contributed by atoms with Gasteiger partial charge in [-0.25, -0.2) is 0 Å². The van der Waals surface area contributed by atoms with Crippen LogP contribution in [0.15, 0.2) is 0 Å². The zero-order chi connectivity index (χ0) is 5.70. The normalized spacial score (nSPS) is 12.0. The molecule has 1 unspecified atom stereocenters. The van der Waals surface area contributed by atoms with Crippen LogP contribution in [0.4, 0.5) is 0 Å². The first-order valence-electron chi connectivity index (χ1n) is 2.19. The zero-order valence-corrected chi connectivity index (χ0v) is 4.27. The fourth-order valence-corrected chi connectivity index (χ4v) is 0.235. The summed E-state index contributed by atoms with van der Waals surface area (Å²) in [6.07, 6.45) is 7.29. The monoisotopic (exact) mass is 95.0 g/mol. The molecular weight excluding hydrogens is 88.1 g/mol. The Balaban J connectivity index is 3.43. The summed E-state index contributed by atoms with van der Waals surface area (Å²) in [6.45, 7) is 1.86. The maximum Gasteiger partial charge on any atom is 0.214 e. The van der Waals surface area contributed by atoms with E-state index in [0.29, 0.717) is 6.42 Å². The minimum Gasteiger partial charge on any atom is -0.289 e. The highest BCUT2D eigenvalue weighted by molar-refractivity contribution is 5.58. The molecule has 0 aliphatic carbocycles. The summed E-state index contributed by atoms with van der Waals surface area (Å²) in [4.78, 5) is 9.70. The number of hydrogen-bond donors (Lipinski definition) is 0. The standard InChI is InChI=1S/C6H7O/c1-3-6(4-2)5-7/h1,6H,4H2,2H3. The minimum atomic E-state index is -0.292. The molecule has 0 N–H and O–H groups in total. The van der Waals surface area contributed by atoms with Crippen molar-refractivity contribution in [1.29, 1.82) is 0 Å². The van der Waals surface area contributed by atoms with Crippen molar-refractivity contribution in [3.63, 3.8) is 0 Å². The zero-order valence-electron chi connectivity index (χ0n) is 4.27. The summed E-state index contributed by atoms with van der Waals surface area (Å²) in [5, 5.41) is 0. The number of terminal acetylenes is 1. The molecule has 0 saturated heterocycles. The molecule has 1 nitrogen and oxygen atoms in total. The van der Waals surface area contributed by atoms with Crippen LogP contribution in [0.5, 0.6) is 0 Å². The van der Waals surface area contributed by atoms with Crippen LogP contribution in [0.3, 0.4) is 0 Å². The highest BCUT2D eigenvalue weighted by Crippen LogP contribution is 1.92. The fourth-order valence-electron chi connectivity index (χ4n) is 0.235. The largest absolute Gasteiger partial charge is 0.289 e. The van der Waals surface area contributed by atoms with E-state index in [2.05, 4.69) is 5.92 Å². The van der Waals surface area contributed by atoms with Gasteiger partial charge in [-0.15, -0.1) is 6.42 Å². The van der Waals surface area contributed by atoms with Crippen LogP contribution in [0, 0.1) is 18.3 Å². The van der Waals surface area contributed by atoms with Crippen molar-refractivity contribution in [2.75, 3.05) is 0 Å². The van der Waals surface area contributed by atoms with E-state index in [1.165, 1.54) is 0 Å². The number of carbonyl (C=O) groups excluding carboxylic acids is 1. The molecule has 7 heavy (non-hydrogen) atoms. The van der Waals surface area contributed by atoms with Gasteiger partial charge < -0.3 is 0 Å². The molecule has 0 heterocycles. The molecule has 0 spiro atoms. The van der Waals surface area contributed by atoms with Gasteiger partial charge in [-0.05, 0) is 6.42 Å². The predicted octanol–water partition coefficient (Wildman–Crippen LogP) is 0.756. The summed E-state index contributed by atoms with van der Waals surface area (Å²) >= 11 is 0. The minimum absolute atomic E-state index is 0.292. The van der Waals surface area contributed by atoms with Crippen molar-refractivity contribution >= 4 is 6.29 Å². The first-order chi connectivity index (χ1) is 3.35. The molecule has 1 radical (unpaired) electrons. The van der Waals surface area contributed by atoms with Crippen LogP contribution in [0.2, 0.25) is 0 Å². The van der Waals surface area contributed by atoms with Crippen molar-refractivity contribution in [3.05, 3.63) is 0 Å². The first kappa shape index (κ1) is 6.23. The number of hydrogen-bond acceptors (Lipinski definition) is 1. The molecule has 0 bridgehead atoms. The average Bonchev–Trinajstić information content (AvgIpc) is 1.72. The Kier molecular flexibility index (Phi) is 3.04. The van der Waals surface area contributed by atoms with Gasteiger partial charge in [-0.1, -0.05) is 12.8 Å². The van der Waals surface area contributed by atoms with Crippen LogP contribution < -0.4 is 0 Å². The lowest BCUT2D eigenvalue weighted by atomic mass is 10.1. The first-order valence-corrected chi connectivity index (χ1v) is 2.19. The third-order valence-corrected chi connectivity index (χ3v) is 0.752. The molecule has 0 aromatic carbocycles. The third-order valence-electron chi connectivity index (χ3n) is 0.752. The Morgan fingerprint density at radius 2 is 2.43 bits per heavy atom. The van der Waals surface area contributed by atoms with Gasteiger partial charge in [0.15, 0.2) is 0 Å². The van der Waals surface area contributed by atoms with E-state index in [1.54, 1.807) is 6.29 Å². The Labute approximate surface area is 43.7 Å². The van der Waals surface area contributed by atoms with Gasteiger partial charge in [0.1, 0.15) is 0 Å². The predicted molar refractivity (Wildman–Crippen MR) is 28.3 cm³/mol. The Morgan fingerprint density at radius 1 is 1.86 bits per heavy atom. The van der Waals surface area contributed by atoms with E-state index >= 15 is 0 Å². The summed E-state index contributed by atoms with van der Waals surface area (Å²) in [5.41, 5.74) is 0. The molecule has 0 aromatic rings. The summed E-state index contributed by atoms with van der Waals surface area (Å²) in [6, 6.07) is 0. The summed E-state index contributed by atoms with van der Waals surface area (Å²) in [7, 11) is 0. The van der Waals surface area contributed by atoms with E-state index in [-0.39, 0.29) is 5.92 Å². The lowest BCUT2D eigenvalue weighted by Crippen LogP contribution is -1.93. The molecule has 0 aliphatic rings. The summed E-state index contributed by atoms with van der Waals surface area (Å²) in [5.74, 6) is 1.99. The second kappa shape index (κ2) is 3.42. The Morgan fingerprint density at radius 3 is 2.43 bits per heavy atom. The molecule has 0 aromatic heterocycles. The van der Waals surface area contributed by atoms with E-state index in [0.717, 1.165) is 0 Å². The van der Waals surface area contributed by atoms with Crippen LogP contribution in [0.1, 0.15) is 13.3 Å². The molecule has 0 rings (SSSR count). The third kappa shape index (κ3) is 1.99. The maximum atomic E-state index is 9.70. The summed E-state index contributed by atoms with van der Waals surface area (Å²) < 4.78 is 0. The van der Waals surface area contributed by atoms with E-state index in [4.69, 9.17) is 6.42 Å². The van der Waals surface area contributed by atoms with Gasteiger partial charge in [0.25, 0.3) is 0 Å². The highest BCUT2D eigenvalue weighted by Gasteiger charge is 1.95. The van der Waals surface area contributed by atoms with Gasteiger partial charge >= 0.3 is 0 Å². The molecule has 37 valence electrons. The maximum absolute atomic E-state index is 9.70. The quantitative estimate of drug-likeness (QED) is 0.463. The van der Waals surface area contributed by atoms with Crippen LogP contribution in [-0.4, -0.2) is 6.29 Å². The topological polar surface area (TPSA) is 17.1 Å². The highest BCUT2D eigenvalue weighted by atomic mass is 16.1. The molecule has 0 aliphatic heterocycles. The Bertz CT molecular complexity index is 88.8. The van der Waals surface area contributed by atoms with Crippen LogP contribution in [-0.2, 0) is 4.79 Å². The molecular formula is C6H7O. The molecule has 0 amide bonds. The van der Waals surface area contributed by atoms with Crippen LogP contribution in [0.25, 0.3) is 0 Å². The van der Waals surface area contributed by atoms with Crippen molar-refractivity contribution in [2.45, 2.75) is 13.3 Å². The second-order valence-electron chi connectivity index (χ2n) is 1.25. The smallest absolute Gasteiger partial charge is 0.214 e. The van der Waals surface area contributed by atoms with E-state index < -0.39 is 0 Å². The Hall–Kier alpha value is -0.770. The van der Waals surface area contributed by atoms with Crippen molar-refractivity contribution < 1.29 is 4.79 Å². The van der Waals surface area contributed by atoms with Crippen molar-refractivity contribution in [2.24, 2.45) is 5.92 Å². The van der Waals surface area contributed by atoms with Gasteiger partial charge in [0.05, 0.1) is 5.92 Å². The van der Waals surface area contributed by atoms with Crippen LogP contribution >= 0.6 is 0 Å². The number of rotatable bonds is 2. The second-order valence-corrected chi connectivity index (χ2v) is 1.25. The van der Waals surface area contributed by atoms with E-state index in [9.17, 15) is 4.79 Å². The lowest BCUT2D eigenvalue weighted by Gasteiger charge is -1.88. The van der Waals surface area contributed by atoms with Crippen molar-refractivity contribution in [3.8, 4) is 12.3 Å². The fraction of sp³-hybridized carbons (Fsp3) is 0.500. The van der Waals surface area contributed by atoms with E-state index in [1.807, 2.05) is 6.92 Å². The van der Waals surface area contributed by atoms with Gasteiger partial charge in [-0.3, -0.25) is 4.79 Å². The van der Waals surface area contributed by atoms with Gasteiger partial charge in [-0.2, -0.15) is 0 Å². The molecule has 0 saturated carbocycles. The average molecular weight is 95.1 g/mol. The van der Waals surface area contributed by atoms with Gasteiger partial charge in [0, 0.05) is 0 Å². The molecule has 1 atom stereocenters. The lowest BCUT2D eigenvalue weighted by molar-refractivity contribution is 0.538.